The average Bonchev–Trinajstić information content (AvgIpc) is 2.82. The minimum atomic E-state index is 0.0272. The smallest absolute Gasteiger partial charge is 0.143 e. The van der Waals surface area contributed by atoms with E-state index in [2.05, 4.69) is 70.7 Å². The lowest BCUT2D eigenvalue weighted by molar-refractivity contribution is 0.190. The van der Waals surface area contributed by atoms with Crippen molar-refractivity contribution in [1.82, 2.24) is 10.3 Å². The first-order chi connectivity index (χ1) is 14.8. The first kappa shape index (κ1) is 18.6. The molecule has 0 aliphatic carbocycles. The summed E-state index contributed by atoms with van der Waals surface area (Å²) >= 11 is 0. The van der Waals surface area contributed by atoms with Gasteiger partial charge in [-0.2, -0.15) is 0 Å². The number of rotatable bonds is 5. The normalized spacial score (nSPS) is 16.7. The molecule has 4 aromatic rings. The molecular weight excluding hydrogens is 370 g/mol. The largest absolute Gasteiger partial charge is 0.485 e. The highest BCUT2D eigenvalue weighted by Gasteiger charge is 2.27. The Hall–Kier alpha value is -3.37. The van der Waals surface area contributed by atoms with Gasteiger partial charge in [0.2, 0.25) is 0 Å². The zero-order chi connectivity index (χ0) is 20.3. The van der Waals surface area contributed by atoms with E-state index in [1.54, 1.807) is 0 Å². The molecule has 1 unspecified atom stereocenters. The number of hydrogen-bond donors (Lipinski definition) is 1. The van der Waals surface area contributed by atoms with Gasteiger partial charge in [0.25, 0.3) is 0 Å². The monoisotopic (exact) mass is 395 g/mol. The predicted molar refractivity (Wildman–Crippen MR) is 122 cm³/mol. The van der Waals surface area contributed by atoms with Crippen molar-refractivity contribution < 1.29 is 4.74 Å². The molecule has 150 valence electrons. The van der Waals surface area contributed by atoms with E-state index in [0.717, 1.165) is 30.3 Å². The second-order valence-electron chi connectivity index (χ2n) is 7.70. The SMILES string of the molecule is C[C@@H](NCC1CN(c2ccccn2)c2ccccc2O1)c1cccc2ccccc12. The van der Waals surface area contributed by atoms with E-state index in [-0.39, 0.29) is 12.1 Å². The summed E-state index contributed by atoms with van der Waals surface area (Å²) in [6.45, 7) is 3.72. The van der Waals surface area contributed by atoms with Crippen LogP contribution < -0.4 is 15.0 Å². The van der Waals surface area contributed by atoms with Crippen LogP contribution in [0.1, 0.15) is 18.5 Å². The van der Waals surface area contributed by atoms with Crippen molar-refractivity contribution in [1.29, 1.82) is 0 Å². The number of para-hydroxylation sites is 2. The first-order valence-electron chi connectivity index (χ1n) is 10.4. The maximum absolute atomic E-state index is 6.33. The summed E-state index contributed by atoms with van der Waals surface area (Å²) in [5.74, 6) is 1.85. The molecule has 0 bridgehead atoms. The fourth-order valence-corrected chi connectivity index (χ4v) is 4.18. The van der Waals surface area contributed by atoms with Gasteiger partial charge >= 0.3 is 0 Å². The Morgan fingerprint density at radius 1 is 0.967 bits per heavy atom. The molecule has 4 heteroatoms. The van der Waals surface area contributed by atoms with E-state index in [1.165, 1.54) is 16.3 Å². The lowest BCUT2D eigenvalue weighted by Crippen LogP contribution is -2.44. The molecule has 30 heavy (non-hydrogen) atoms. The molecule has 4 nitrogen and oxygen atoms in total. The first-order valence-corrected chi connectivity index (χ1v) is 10.4. The Morgan fingerprint density at radius 2 is 1.77 bits per heavy atom. The Bertz CT molecular complexity index is 1140. The third-order valence-electron chi connectivity index (χ3n) is 5.70. The number of nitrogens with one attached hydrogen (secondary N) is 1. The fourth-order valence-electron chi connectivity index (χ4n) is 4.18. The third-order valence-corrected chi connectivity index (χ3v) is 5.70. The number of aromatic nitrogens is 1. The average molecular weight is 396 g/mol. The summed E-state index contributed by atoms with van der Waals surface area (Å²) in [4.78, 5) is 6.81. The summed E-state index contributed by atoms with van der Waals surface area (Å²) in [6, 6.07) is 29.5. The van der Waals surface area contributed by atoms with Crippen LogP contribution in [0.5, 0.6) is 5.75 Å². The van der Waals surface area contributed by atoms with Crippen LogP contribution in [0.15, 0.2) is 91.1 Å². The van der Waals surface area contributed by atoms with Crippen molar-refractivity contribution in [2.75, 3.05) is 18.0 Å². The van der Waals surface area contributed by atoms with Crippen LogP contribution in [-0.2, 0) is 0 Å². The summed E-state index contributed by atoms with van der Waals surface area (Å²) in [5.41, 5.74) is 2.38. The van der Waals surface area contributed by atoms with Gasteiger partial charge in [0.05, 0.1) is 12.2 Å². The van der Waals surface area contributed by atoms with Gasteiger partial charge < -0.3 is 15.0 Å². The van der Waals surface area contributed by atoms with E-state index in [4.69, 9.17) is 4.74 Å². The lowest BCUT2D eigenvalue weighted by Gasteiger charge is -2.36. The molecule has 1 aliphatic heterocycles. The van der Waals surface area contributed by atoms with Crippen molar-refractivity contribution in [3.05, 3.63) is 96.7 Å². The molecule has 0 saturated carbocycles. The predicted octanol–water partition coefficient (Wildman–Crippen LogP) is 5.48. The van der Waals surface area contributed by atoms with E-state index in [0.29, 0.717) is 0 Å². The van der Waals surface area contributed by atoms with Crippen molar-refractivity contribution in [3.8, 4) is 5.75 Å². The van der Waals surface area contributed by atoms with Crippen LogP contribution in [0.25, 0.3) is 10.8 Å². The van der Waals surface area contributed by atoms with E-state index < -0.39 is 0 Å². The molecule has 2 atom stereocenters. The highest BCUT2D eigenvalue weighted by atomic mass is 16.5. The molecule has 1 N–H and O–H groups in total. The molecule has 0 radical (unpaired) electrons. The number of fused-ring (bicyclic) bond motifs is 2. The van der Waals surface area contributed by atoms with Crippen LogP contribution >= 0.6 is 0 Å². The zero-order valence-electron chi connectivity index (χ0n) is 17.0. The van der Waals surface area contributed by atoms with Gasteiger partial charge in [0.1, 0.15) is 17.7 Å². The maximum Gasteiger partial charge on any atom is 0.143 e. The highest BCUT2D eigenvalue weighted by molar-refractivity contribution is 5.86. The molecule has 1 aromatic heterocycles. The summed E-state index contributed by atoms with van der Waals surface area (Å²) in [7, 11) is 0. The molecule has 0 spiro atoms. The van der Waals surface area contributed by atoms with Gasteiger partial charge in [-0.05, 0) is 47.5 Å². The lowest BCUT2D eigenvalue weighted by atomic mass is 9.99. The van der Waals surface area contributed by atoms with Crippen molar-refractivity contribution in [2.45, 2.75) is 19.1 Å². The fraction of sp³-hybridized carbons (Fsp3) is 0.192. The molecule has 1 aliphatic rings. The molecule has 0 amide bonds. The Labute approximate surface area is 177 Å². The molecule has 3 aromatic carbocycles. The maximum atomic E-state index is 6.33. The molecular formula is C26H25N3O. The van der Waals surface area contributed by atoms with Gasteiger partial charge in [-0.25, -0.2) is 4.98 Å². The van der Waals surface area contributed by atoms with Crippen molar-refractivity contribution in [2.24, 2.45) is 0 Å². The van der Waals surface area contributed by atoms with E-state index in [9.17, 15) is 0 Å². The molecule has 0 fully saturated rings. The minimum absolute atomic E-state index is 0.0272. The number of hydrogen-bond acceptors (Lipinski definition) is 4. The van der Waals surface area contributed by atoms with Gasteiger partial charge in [0, 0.05) is 18.8 Å². The summed E-state index contributed by atoms with van der Waals surface area (Å²) in [6.07, 6.45) is 1.86. The van der Waals surface area contributed by atoms with Crippen LogP contribution in [-0.4, -0.2) is 24.2 Å². The number of anilines is 2. The quantitative estimate of drug-likeness (QED) is 0.485. The van der Waals surface area contributed by atoms with E-state index in [1.807, 2.05) is 42.6 Å². The number of benzene rings is 3. The molecule has 2 heterocycles. The van der Waals surface area contributed by atoms with Crippen LogP contribution in [0, 0.1) is 0 Å². The molecule has 0 saturated heterocycles. The van der Waals surface area contributed by atoms with Crippen molar-refractivity contribution >= 4 is 22.3 Å². The zero-order valence-corrected chi connectivity index (χ0v) is 17.0. The van der Waals surface area contributed by atoms with Gasteiger partial charge in [-0.3, -0.25) is 0 Å². The topological polar surface area (TPSA) is 37.4 Å². The number of ether oxygens (including phenoxy) is 1. The molecule has 5 rings (SSSR count). The minimum Gasteiger partial charge on any atom is -0.485 e. The Balaban J connectivity index is 1.35. The van der Waals surface area contributed by atoms with Gasteiger partial charge in [-0.15, -0.1) is 0 Å². The second-order valence-corrected chi connectivity index (χ2v) is 7.70. The second kappa shape index (κ2) is 8.17. The van der Waals surface area contributed by atoms with Crippen LogP contribution in [0.2, 0.25) is 0 Å². The van der Waals surface area contributed by atoms with Crippen LogP contribution in [0.4, 0.5) is 11.5 Å². The van der Waals surface area contributed by atoms with Gasteiger partial charge in [-0.1, -0.05) is 60.7 Å². The van der Waals surface area contributed by atoms with Gasteiger partial charge in [0.15, 0.2) is 0 Å². The summed E-state index contributed by atoms with van der Waals surface area (Å²) < 4.78 is 6.33. The number of nitrogens with zero attached hydrogens (tertiary/aromatic N) is 2. The number of pyridine rings is 1. The standard InChI is InChI=1S/C26H25N3O/c1-19(22-12-8-10-20-9-2-3-11-23(20)22)28-17-21-18-29(26-15-6-7-16-27-26)24-13-4-5-14-25(24)30-21/h2-16,19,21,28H,17-18H2,1H3/t19-,21?/m1/s1. The third kappa shape index (κ3) is 3.62. The van der Waals surface area contributed by atoms with Crippen LogP contribution in [0.3, 0.4) is 0 Å². The Morgan fingerprint density at radius 3 is 2.67 bits per heavy atom. The summed E-state index contributed by atoms with van der Waals surface area (Å²) in [5, 5.41) is 6.26. The van der Waals surface area contributed by atoms with Crippen molar-refractivity contribution in [3.63, 3.8) is 0 Å². The highest BCUT2D eigenvalue weighted by Crippen LogP contribution is 2.37. The van der Waals surface area contributed by atoms with E-state index >= 15 is 0 Å². The Kier molecular flexibility index (Phi) is 5.08.